The van der Waals surface area contributed by atoms with Gasteiger partial charge in [-0.3, -0.25) is 0 Å². The molecular weight excluding hydrogens is 399 g/mol. The SMILES string of the molecule is CCCCCCCCCCc1ccc(Oc2ccc(S(=O)(=O)[O-])cc2)cc1.[K+]. The first-order chi connectivity index (χ1) is 13.0. The standard InChI is InChI=1S/C22H30O4S.K/c1-2-3-4-5-6-7-8-9-10-19-11-13-20(14-12-19)26-21-15-17-22(18-16-21)27(23,24)25;/h11-18H,2-10H2,1H3,(H,23,24,25);/q;+1/p-1. The molecule has 0 aliphatic carbocycles. The van der Waals surface area contributed by atoms with E-state index < -0.39 is 10.1 Å². The first-order valence-electron chi connectivity index (χ1n) is 9.82. The Morgan fingerprint density at radius 1 is 0.750 bits per heavy atom. The molecule has 4 nitrogen and oxygen atoms in total. The van der Waals surface area contributed by atoms with E-state index in [0.717, 1.165) is 6.42 Å². The van der Waals surface area contributed by atoms with Gasteiger partial charge in [0.1, 0.15) is 21.6 Å². The molecule has 0 fully saturated rings. The Kier molecular flexibility index (Phi) is 12.8. The number of hydrogen-bond acceptors (Lipinski definition) is 4. The van der Waals surface area contributed by atoms with Crippen LogP contribution in [0, 0.1) is 0 Å². The summed E-state index contributed by atoms with van der Waals surface area (Å²) in [6.07, 6.45) is 11.6. The van der Waals surface area contributed by atoms with Gasteiger partial charge in [-0.05, 0) is 54.8 Å². The summed E-state index contributed by atoms with van der Waals surface area (Å²) in [4.78, 5) is -0.254. The van der Waals surface area contributed by atoms with E-state index >= 15 is 0 Å². The largest absolute Gasteiger partial charge is 1.00 e. The van der Waals surface area contributed by atoms with Crippen molar-refractivity contribution in [2.24, 2.45) is 0 Å². The molecule has 0 atom stereocenters. The summed E-state index contributed by atoms with van der Waals surface area (Å²) in [5, 5.41) is 0. The minimum atomic E-state index is -4.42. The van der Waals surface area contributed by atoms with Crippen LogP contribution in [0.2, 0.25) is 0 Å². The van der Waals surface area contributed by atoms with E-state index in [1.54, 1.807) is 0 Å². The number of benzene rings is 2. The molecule has 0 N–H and O–H groups in total. The molecular formula is C22H29KO4S. The van der Waals surface area contributed by atoms with Gasteiger partial charge in [-0.25, -0.2) is 8.42 Å². The van der Waals surface area contributed by atoms with Gasteiger partial charge in [0, 0.05) is 0 Å². The summed E-state index contributed by atoms with van der Waals surface area (Å²) < 4.78 is 38.5. The molecule has 6 heteroatoms. The summed E-state index contributed by atoms with van der Waals surface area (Å²) in [6.45, 7) is 2.24. The average molecular weight is 429 g/mol. The van der Waals surface area contributed by atoms with Crippen LogP contribution in [0.3, 0.4) is 0 Å². The molecule has 0 heterocycles. The van der Waals surface area contributed by atoms with Crippen molar-refractivity contribution in [3.63, 3.8) is 0 Å². The van der Waals surface area contributed by atoms with E-state index in [1.807, 2.05) is 12.1 Å². The van der Waals surface area contributed by atoms with E-state index in [0.29, 0.717) is 11.5 Å². The van der Waals surface area contributed by atoms with Crippen molar-refractivity contribution in [2.75, 3.05) is 0 Å². The predicted octanol–water partition coefficient (Wildman–Crippen LogP) is 3.07. The number of hydrogen-bond donors (Lipinski definition) is 0. The van der Waals surface area contributed by atoms with Crippen molar-refractivity contribution in [1.82, 2.24) is 0 Å². The average Bonchev–Trinajstić information content (AvgIpc) is 2.65. The van der Waals surface area contributed by atoms with Crippen LogP contribution in [0.15, 0.2) is 53.4 Å². The van der Waals surface area contributed by atoms with E-state index in [4.69, 9.17) is 4.74 Å². The molecule has 0 saturated heterocycles. The van der Waals surface area contributed by atoms with Gasteiger partial charge >= 0.3 is 51.4 Å². The third kappa shape index (κ3) is 10.0. The fourth-order valence-electron chi connectivity index (χ4n) is 3.00. The van der Waals surface area contributed by atoms with Gasteiger partial charge in [0.15, 0.2) is 0 Å². The van der Waals surface area contributed by atoms with Crippen LogP contribution >= 0.6 is 0 Å². The molecule has 0 radical (unpaired) electrons. The topological polar surface area (TPSA) is 66.4 Å². The van der Waals surface area contributed by atoms with Crippen LogP contribution in [-0.4, -0.2) is 13.0 Å². The molecule has 0 amide bonds. The minimum absolute atomic E-state index is 0. The second-order valence-electron chi connectivity index (χ2n) is 6.90. The van der Waals surface area contributed by atoms with Crippen molar-refractivity contribution in [3.8, 4) is 11.5 Å². The summed E-state index contributed by atoms with van der Waals surface area (Å²) in [7, 11) is -4.42. The first kappa shape index (κ1) is 25.8. The van der Waals surface area contributed by atoms with Gasteiger partial charge in [-0.2, -0.15) is 0 Å². The minimum Gasteiger partial charge on any atom is -0.744 e. The Labute approximate surface area is 212 Å². The van der Waals surface area contributed by atoms with Gasteiger partial charge in [0.25, 0.3) is 0 Å². The maximum absolute atomic E-state index is 10.9. The van der Waals surface area contributed by atoms with Crippen molar-refractivity contribution >= 4 is 10.1 Å². The van der Waals surface area contributed by atoms with E-state index in [2.05, 4.69) is 19.1 Å². The Bertz CT molecular complexity index is 771. The summed E-state index contributed by atoms with van der Waals surface area (Å²) >= 11 is 0. The number of ether oxygens (including phenoxy) is 1. The molecule has 0 aliphatic rings. The van der Waals surface area contributed by atoms with Gasteiger partial charge in [0.2, 0.25) is 0 Å². The summed E-state index contributed by atoms with van der Waals surface area (Å²) in [5.74, 6) is 1.19. The van der Waals surface area contributed by atoms with Crippen LogP contribution in [0.5, 0.6) is 11.5 Å². The number of aryl methyl sites for hydroxylation is 1. The monoisotopic (exact) mass is 428 g/mol. The van der Waals surface area contributed by atoms with E-state index in [1.165, 1.54) is 81.2 Å². The van der Waals surface area contributed by atoms with Crippen LogP contribution in [0.1, 0.15) is 63.9 Å². The Morgan fingerprint density at radius 2 is 1.21 bits per heavy atom. The molecule has 0 unspecified atom stereocenters. The fourth-order valence-corrected chi connectivity index (χ4v) is 3.47. The Morgan fingerprint density at radius 3 is 1.71 bits per heavy atom. The van der Waals surface area contributed by atoms with Crippen molar-refractivity contribution in [2.45, 2.75) is 69.6 Å². The molecule has 2 aromatic rings. The first-order valence-corrected chi connectivity index (χ1v) is 11.2. The maximum Gasteiger partial charge on any atom is 1.00 e. The summed E-state index contributed by atoms with van der Waals surface area (Å²) in [5.41, 5.74) is 1.29. The van der Waals surface area contributed by atoms with Crippen LogP contribution < -0.4 is 56.1 Å². The molecule has 2 aromatic carbocycles. The normalized spacial score (nSPS) is 11.1. The van der Waals surface area contributed by atoms with Crippen molar-refractivity contribution in [3.05, 3.63) is 54.1 Å². The van der Waals surface area contributed by atoms with Crippen molar-refractivity contribution in [1.29, 1.82) is 0 Å². The quantitative estimate of drug-likeness (QED) is 0.296. The molecule has 2 rings (SSSR count). The zero-order valence-corrected chi connectivity index (χ0v) is 21.0. The molecule has 0 aliphatic heterocycles. The van der Waals surface area contributed by atoms with E-state index in [-0.39, 0.29) is 56.3 Å². The maximum atomic E-state index is 10.9. The molecule has 148 valence electrons. The third-order valence-corrected chi connectivity index (χ3v) is 5.44. The van der Waals surface area contributed by atoms with Gasteiger partial charge in [0.05, 0.1) is 4.90 Å². The zero-order valence-electron chi connectivity index (χ0n) is 17.0. The zero-order chi connectivity index (χ0) is 19.5. The van der Waals surface area contributed by atoms with Gasteiger partial charge in [-0.15, -0.1) is 0 Å². The van der Waals surface area contributed by atoms with Crippen LogP contribution in [0.25, 0.3) is 0 Å². The molecule has 0 saturated carbocycles. The van der Waals surface area contributed by atoms with Crippen LogP contribution in [-0.2, 0) is 16.5 Å². The van der Waals surface area contributed by atoms with Gasteiger partial charge < -0.3 is 9.29 Å². The smallest absolute Gasteiger partial charge is 0.744 e. The fraction of sp³-hybridized carbons (Fsp3) is 0.455. The Hall–Kier alpha value is -0.214. The van der Waals surface area contributed by atoms with Gasteiger partial charge in [-0.1, -0.05) is 64.0 Å². The van der Waals surface area contributed by atoms with Crippen molar-refractivity contribution < 1.29 is 69.1 Å². The Balaban J connectivity index is 0.00000392. The van der Waals surface area contributed by atoms with Crippen LogP contribution in [0.4, 0.5) is 0 Å². The molecule has 0 aromatic heterocycles. The molecule has 28 heavy (non-hydrogen) atoms. The predicted molar refractivity (Wildman–Crippen MR) is 107 cm³/mol. The number of rotatable bonds is 12. The molecule has 0 spiro atoms. The second kappa shape index (κ2) is 13.9. The third-order valence-electron chi connectivity index (χ3n) is 4.59. The van der Waals surface area contributed by atoms with E-state index in [9.17, 15) is 13.0 Å². The summed E-state index contributed by atoms with van der Waals surface area (Å²) in [6, 6.07) is 13.4. The number of unbranched alkanes of at least 4 members (excludes halogenated alkanes) is 7. The molecule has 0 bridgehead atoms. The second-order valence-corrected chi connectivity index (χ2v) is 8.28.